The Kier molecular flexibility index (Phi) is 7.19. The number of halogens is 3. The van der Waals surface area contributed by atoms with Crippen LogP contribution in [0.15, 0.2) is 75.8 Å². The molecule has 1 saturated heterocycles. The summed E-state index contributed by atoms with van der Waals surface area (Å²) in [6, 6.07) is 15.8. The van der Waals surface area contributed by atoms with Crippen LogP contribution in [0.4, 0.5) is 18.0 Å². The molecule has 8 nitrogen and oxygen atoms in total. The predicted molar refractivity (Wildman–Crippen MR) is 136 cm³/mol. The summed E-state index contributed by atoms with van der Waals surface area (Å²) in [7, 11) is 0. The molecule has 1 fully saturated rings. The van der Waals surface area contributed by atoms with Crippen molar-refractivity contribution in [2.75, 3.05) is 0 Å². The highest BCUT2D eigenvalue weighted by molar-refractivity contribution is 7.99. The maximum atomic E-state index is 12.7. The maximum Gasteiger partial charge on any atom is 0.493 e. The van der Waals surface area contributed by atoms with E-state index in [0.29, 0.717) is 17.3 Å². The van der Waals surface area contributed by atoms with E-state index in [0.717, 1.165) is 38.4 Å². The molecule has 5 rings (SSSR count). The number of imide groups is 1. The molecule has 1 atom stereocenters. The minimum atomic E-state index is -5.34. The highest BCUT2D eigenvalue weighted by Gasteiger charge is 2.49. The fourth-order valence-electron chi connectivity index (χ4n) is 3.91. The van der Waals surface area contributed by atoms with Crippen molar-refractivity contribution < 1.29 is 37.1 Å². The van der Waals surface area contributed by atoms with Crippen molar-refractivity contribution in [3.8, 4) is 5.75 Å². The Morgan fingerprint density at radius 2 is 1.87 bits per heavy atom. The van der Waals surface area contributed by atoms with Crippen LogP contribution in [0.25, 0.3) is 10.9 Å². The number of aromatic nitrogens is 1. The average molecular weight is 574 g/mol. The highest BCUT2D eigenvalue weighted by atomic mass is 32.2. The molecule has 39 heavy (non-hydrogen) atoms. The first-order valence-corrected chi connectivity index (χ1v) is 13.1. The first kappa shape index (κ1) is 26.5. The third kappa shape index (κ3) is 5.68. The van der Waals surface area contributed by atoms with Gasteiger partial charge >= 0.3 is 18.2 Å². The molecule has 1 unspecified atom stereocenters. The van der Waals surface area contributed by atoms with Gasteiger partial charge in [0.2, 0.25) is 0 Å². The van der Waals surface area contributed by atoms with Gasteiger partial charge in [0.15, 0.2) is 6.04 Å². The van der Waals surface area contributed by atoms with E-state index in [4.69, 9.17) is 4.74 Å². The van der Waals surface area contributed by atoms with Crippen molar-refractivity contribution >= 4 is 51.9 Å². The molecule has 1 aliphatic heterocycles. The molecule has 13 heteroatoms. The zero-order chi connectivity index (χ0) is 27.7. The largest absolute Gasteiger partial charge is 0.493 e. The SMILES string of the molecule is Cc1cc(COc2ccc(Sc3ccsc3C3C(=O)NC(=O)N3OC(=O)C(F)(F)F)cc2)c2ccccc2n1. The number of para-hydroxylation sites is 1. The van der Waals surface area contributed by atoms with E-state index in [1.807, 2.05) is 42.6 Å². The van der Waals surface area contributed by atoms with Gasteiger partial charge in [0, 0.05) is 26.4 Å². The third-order valence-corrected chi connectivity index (χ3v) is 7.79. The Labute approximate surface area is 227 Å². The summed E-state index contributed by atoms with van der Waals surface area (Å²) >= 11 is 2.27. The number of hydrogen-bond donors (Lipinski definition) is 1. The number of fused-ring (bicyclic) bond motifs is 1. The van der Waals surface area contributed by atoms with Gasteiger partial charge in [-0.2, -0.15) is 13.2 Å². The summed E-state index contributed by atoms with van der Waals surface area (Å²) < 4.78 is 44.1. The second kappa shape index (κ2) is 10.6. The molecule has 2 aromatic heterocycles. The number of amides is 3. The van der Waals surface area contributed by atoms with Gasteiger partial charge < -0.3 is 9.57 Å². The molecule has 0 radical (unpaired) electrons. The number of urea groups is 1. The van der Waals surface area contributed by atoms with E-state index < -0.39 is 30.1 Å². The summed E-state index contributed by atoms with van der Waals surface area (Å²) in [6.45, 7) is 2.26. The van der Waals surface area contributed by atoms with Crippen LogP contribution in [0, 0.1) is 6.92 Å². The molecule has 2 aromatic carbocycles. The fourth-order valence-corrected chi connectivity index (χ4v) is 6.01. The number of carbonyl (C=O) groups is 3. The quantitative estimate of drug-likeness (QED) is 0.273. The summed E-state index contributed by atoms with van der Waals surface area (Å²) in [5, 5.41) is 4.63. The Hall–Kier alpha value is -4.10. The Balaban J connectivity index is 1.29. The van der Waals surface area contributed by atoms with Crippen LogP contribution in [0.1, 0.15) is 22.2 Å². The zero-order valence-electron chi connectivity index (χ0n) is 20.0. The standard InChI is InChI=1S/C26H18F3N3O5S2/c1-14-12-15(18-4-2-3-5-19(18)30-14)13-36-16-6-8-17(9-7-16)39-20-10-11-38-22(20)21-23(33)31-25(35)32(21)37-24(34)26(27,28)29/h2-12,21H,13H2,1H3,(H,31,33,35). The van der Waals surface area contributed by atoms with Crippen molar-refractivity contribution in [3.63, 3.8) is 0 Å². The number of pyridine rings is 1. The molecule has 3 amide bonds. The van der Waals surface area contributed by atoms with Crippen molar-refractivity contribution in [1.82, 2.24) is 15.4 Å². The number of ether oxygens (including phenoxy) is 1. The van der Waals surface area contributed by atoms with Gasteiger partial charge in [0.05, 0.1) is 10.4 Å². The van der Waals surface area contributed by atoms with Crippen molar-refractivity contribution in [3.05, 3.63) is 82.2 Å². The molecule has 4 aromatic rings. The molecule has 0 aliphatic carbocycles. The average Bonchev–Trinajstić information content (AvgIpc) is 3.45. The van der Waals surface area contributed by atoms with E-state index in [9.17, 15) is 27.6 Å². The number of nitrogens with one attached hydrogen (secondary N) is 1. The van der Waals surface area contributed by atoms with Gasteiger partial charge in [0.1, 0.15) is 12.4 Å². The first-order valence-electron chi connectivity index (χ1n) is 11.4. The summed E-state index contributed by atoms with van der Waals surface area (Å²) in [5.74, 6) is -2.88. The monoisotopic (exact) mass is 573 g/mol. The Bertz CT molecular complexity index is 1570. The van der Waals surface area contributed by atoms with Gasteiger partial charge in [-0.25, -0.2) is 9.59 Å². The number of hydroxylamine groups is 2. The van der Waals surface area contributed by atoms with Crippen LogP contribution >= 0.6 is 23.1 Å². The van der Waals surface area contributed by atoms with Crippen LogP contribution in [0.2, 0.25) is 0 Å². The van der Waals surface area contributed by atoms with Gasteiger partial charge in [-0.3, -0.25) is 15.1 Å². The normalized spacial score (nSPS) is 15.5. The van der Waals surface area contributed by atoms with E-state index in [1.165, 1.54) is 11.8 Å². The number of alkyl halides is 3. The Morgan fingerprint density at radius 1 is 1.13 bits per heavy atom. The molecular weight excluding hydrogens is 555 g/mol. The number of hydrogen-bond acceptors (Lipinski definition) is 8. The number of aryl methyl sites for hydroxylation is 1. The molecule has 0 saturated carbocycles. The fraction of sp³-hybridized carbons (Fsp3) is 0.154. The predicted octanol–water partition coefficient (Wildman–Crippen LogP) is 5.95. The minimum absolute atomic E-state index is 0.121. The summed E-state index contributed by atoms with van der Waals surface area (Å²) in [4.78, 5) is 46.0. The molecule has 0 bridgehead atoms. The van der Waals surface area contributed by atoms with Crippen molar-refractivity contribution in [1.29, 1.82) is 0 Å². The smallest absolute Gasteiger partial charge is 0.489 e. The zero-order valence-corrected chi connectivity index (χ0v) is 21.7. The van der Waals surface area contributed by atoms with Crippen LogP contribution < -0.4 is 10.1 Å². The second-order valence-electron chi connectivity index (χ2n) is 8.35. The topological polar surface area (TPSA) is 97.8 Å². The lowest BCUT2D eigenvalue weighted by Crippen LogP contribution is -2.37. The van der Waals surface area contributed by atoms with Crippen LogP contribution in [0.5, 0.6) is 5.75 Å². The van der Waals surface area contributed by atoms with Crippen molar-refractivity contribution in [2.24, 2.45) is 0 Å². The molecule has 1 aliphatic rings. The molecule has 1 N–H and O–H groups in total. The number of rotatable bonds is 7. The lowest BCUT2D eigenvalue weighted by Gasteiger charge is -2.20. The van der Waals surface area contributed by atoms with E-state index in [2.05, 4.69) is 9.82 Å². The number of nitrogens with zero attached hydrogens (tertiary/aromatic N) is 2. The maximum absolute atomic E-state index is 12.7. The van der Waals surface area contributed by atoms with Crippen molar-refractivity contribution in [2.45, 2.75) is 35.5 Å². The van der Waals surface area contributed by atoms with Crippen LogP contribution in [0.3, 0.4) is 0 Å². The van der Waals surface area contributed by atoms with Gasteiger partial charge in [-0.05, 0) is 54.8 Å². The number of benzene rings is 2. The third-order valence-electron chi connectivity index (χ3n) is 5.61. The van der Waals surface area contributed by atoms with Gasteiger partial charge in [0.25, 0.3) is 5.91 Å². The Morgan fingerprint density at radius 3 is 2.62 bits per heavy atom. The number of thiophene rings is 1. The van der Waals surface area contributed by atoms with Gasteiger partial charge in [-0.1, -0.05) is 30.0 Å². The van der Waals surface area contributed by atoms with E-state index in [-0.39, 0.29) is 9.94 Å². The van der Waals surface area contributed by atoms with E-state index >= 15 is 0 Å². The molecule has 3 heterocycles. The molecule has 200 valence electrons. The lowest BCUT2D eigenvalue weighted by atomic mass is 10.1. The van der Waals surface area contributed by atoms with Crippen LogP contribution in [-0.4, -0.2) is 34.1 Å². The first-order chi connectivity index (χ1) is 18.6. The summed E-state index contributed by atoms with van der Waals surface area (Å²) in [5.41, 5.74) is 2.77. The molecule has 0 spiro atoms. The van der Waals surface area contributed by atoms with Gasteiger partial charge in [-0.15, -0.1) is 16.4 Å². The second-order valence-corrected chi connectivity index (χ2v) is 10.4. The van der Waals surface area contributed by atoms with E-state index in [1.54, 1.807) is 35.7 Å². The minimum Gasteiger partial charge on any atom is -0.489 e. The number of carbonyl (C=O) groups excluding carboxylic acids is 3. The summed E-state index contributed by atoms with van der Waals surface area (Å²) in [6.07, 6.45) is -5.34. The lowest BCUT2D eigenvalue weighted by molar-refractivity contribution is -0.230. The van der Waals surface area contributed by atoms with Crippen LogP contribution in [-0.2, 0) is 21.0 Å². The molecular formula is C26H18F3N3O5S2. The highest BCUT2D eigenvalue weighted by Crippen LogP contribution is 2.41.